The lowest BCUT2D eigenvalue weighted by molar-refractivity contribution is 0.414. The van der Waals surface area contributed by atoms with Gasteiger partial charge >= 0.3 is 6.08 Å². The Labute approximate surface area is 276 Å². The van der Waals surface area contributed by atoms with E-state index in [-0.39, 0.29) is 33.5 Å². The van der Waals surface area contributed by atoms with Gasteiger partial charge in [0.25, 0.3) is 0 Å². The highest BCUT2D eigenvalue weighted by molar-refractivity contribution is 6.34. The molecule has 0 spiro atoms. The van der Waals surface area contributed by atoms with E-state index in [4.69, 9.17) is 31.0 Å². The molecule has 0 amide bonds. The molecule has 1 aliphatic heterocycles. The van der Waals surface area contributed by atoms with E-state index in [9.17, 15) is 9.65 Å². The van der Waals surface area contributed by atoms with Gasteiger partial charge in [-0.3, -0.25) is 0 Å². The summed E-state index contributed by atoms with van der Waals surface area (Å²) in [6, 6.07) is 20.9. The molecule has 1 aliphatic rings. The fourth-order valence-corrected chi connectivity index (χ4v) is 6.06. The summed E-state index contributed by atoms with van der Waals surface area (Å²) >= 11 is 6.79. The zero-order valence-electron chi connectivity index (χ0n) is 26.2. The Morgan fingerprint density at radius 3 is 2.04 bits per heavy atom. The second kappa shape index (κ2) is 13.7. The summed E-state index contributed by atoms with van der Waals surface area (Å²) in [4.78, 5) is 21.2. The highest BCUT2D eigenvalue weighted by Crippen LogP contribution is 2.38. The number of hydrogen-bond donors (Lipinski definition) is 0. The second-order valence-corrected chi connectivity index (χ2v) is 11.8. The number of nitriles is 1. The number of halogens is 3. The number of methoxy groups -OCH3 is 2. The molecule has 1 fully saturated rings. The van der Waals surface area contributed by atoms with Gasteiger partial charge in [0, 0.05) is 43.2 Å². The molecule has 47 heavy (non-hydrogen) atoms. The lowest BCUT2D eigenvalue weighted by atomic mass is 9.98. The first kappa shape index (κ1) is 31.9. The van der Waals surface area contributed by atoms with Crippen molar-refractivity contribution < 1.29 is 18.3 Å². The molecule has 2 aromatic heterocycles. The molecule has 0 unspecified atom stereocenters. The van der Waals surface area contributed by atoms with Crippen molar-refractivity contribution >= 4 is 34.3 Å². The molecule has 9 nitrogen and oxygen atoms in total. The summed E-state index contributed by atoms with van der Waals surface area (Å²) in [5, 5.41) is 9.67. The van der Waals surface area contributed by atoms with Crippen LogP contribution in [-0.4, -0.2) is 47.2 Å². The normalized spacial score (nSPS) is 13.4. The molecule has 6 rings (SSSR count). The highest BCUT2D eigenvalue weighted by Gasteiger charge is 2.26. The Balaban J connectivity index is 1.41. The van der Waals surface area contributed by atoms with E-state index in [0.29, 0.717) is 56.0 Å². The Hall–Kier alpha value is -5.08. The second-order valence-electron chi connectivity index (χ2n) is 11.4. The van der Waals surface area contributed by atoms with Crippen LogP contribution in [0.3, 0.4) is 0 Å². The zero-order chi connectivity index (χ0) is 33.1. The fourth-order valence-electron chi connectivity index (χ4n) is 5.77. The molecular formula is C35H32ClF2N7O2. The Kier molecular flexibility index (Phi) is 9.31. The summed E-state index contributed by atoms with van der Waals surface area (Å²) in [7, 11) is 3.23. The summed E-state index contributed by atoms with van der Waals surface area (Å²) in [5.74, 6) is 1.20. The van der Waals surface area contributed by atoms with E-state index in [1.165, 1.54) is 0 Å². The van der Waals surface area contributed by atoms with Crippen LogP contribution in [0.5, 0.6) is 11.5 Å². The van der Waals surface area contributed by atoms with Gasteiger partial charge in [-0.05, 0) is 67.3 Å². The van der Waals surface area contributed by atoms with Gasteiger partial charge < -0.3 is 19.3 Å². The summed E-state index contributed by atoms with van der Waals surface area (Å²) in [6.07, 6.45) is 0.154. The van der Waals surface area contributed by atoms with Crippen LogP contribution in [0.2, 0.25) is 5.02 Å². The van der Waals surface area contributed by atoms with E-state index in [2.05, 4.69) is 16.0 Å². The molecule has 3 heterocycles. The fraction of sp³-hybridized carbons (Fsp3) is 0.286. The van der Waals surface area contributed by atoms with Crippen LogP contribution in [0.25, 0.3) is 22.2 Å². The first-order valence-corrected chi connectivity index (χ1v) is 15.5. The third-order valence-electron chi connectivity index (χ3n) is 8.26. The van der Waals surface area contributed by atoms with Crippen LogP contribution >= 0.6 is 11.6 Å². The van der Waals surface area contributed by atoms with E-state index < -0.39 is 11.9 Å². The smallest absolute Gasteiger partial charge is 0.311 e. The molecule has 0 radical (unpaired) electrons. The molecular weight excluding hydrogens is 624 g/mol. The number of nitrogens with zero attached hydrogens (tertiary/aromatic N) is 7. The van der Waals surface area contributed by atoms with Gasteiger partial charge in [-0.15, -0.1) is 0 Å². The number of aryl methyl sites for hydroxylation is 1. The lowest BCUT2D eigenvalue weighted by Gasteiger charge is -2.30. The lowest BCUT2D eigenvalue weighted by Crippen LogP contribution is -2.34. The van der Waals surface area contributed by atoms with Crippen LogP contribution in [0.4, 0.5) is 20.5 Å². The number of aromatic nitrogens is 4. The SMILES string of the molecule is COc1ccc(CN(Cc2ccc(OC)cc2)c2nc(C)cc(-c3c(Cl)cc4c(N5CCC(C#N)CC5)nc(F)nc4c3F)n2)cc1. The van der Waals surface area contributed by atoms with Crippen molar-refractivity contribution in [3.8, 4) is 28.8 Å². The molecule has 240 valence electrons. The van der Waals surface area contributed by atoms with Crippen molar-refractivity contribution in [2.75, 3.05) is 37.1 Å². The van der Waals surface area contributed by atoms with Gasteiger partial charge in [0.2, 0.25) is 5.95 Å². The van der Waals surface area contributed by atoms with Crippen LogP contribution in [0.1, 0.15) is 29.7 Å². The predicted octanol–water partition coefficient (Wildman–Crippen LogP) is 7.29. The van der Waals surface area contributed by atoms with Crippen LogP contribution in [0, 0.1) is 36.1 Å². The van der Waals surface area contributed by atoms with Gasteiger partial charge in [0.15, 0.2) is 5.82 Å². The van der Waals surface area contributed by atoms with Crippen LogP contribution in [-0.2, 0) is 13.1 Å². The minimum Gasteiger partial charge on any atom is -0.497 e. The molecule has 0 saturated carbocycles. The molecule has 0 N–H and O–H groups in total. The maximum absolute atomic E-state index is 16.5. The van der Waals surface area contributed by atoms with Crippen molar-refractivity contribution in [2.24, 2.45) is 5.92 Å². The average Bonchev–Trinajstić information content (AvgIpc) is 3.08. The zero-order valence-corrected chi connectivity index (χ0v) is 26.9. The number of anilines is 2. The van der Waals surface area contributed by atoms with Gasteiger partial charge in [0.1, 0.15) is 22.8 Å². The summed E-state index contributed by atoms with van der Waals surface area (Å²) < 4.78 is 41.9. The topological polar surface area (TPSA) is 100 Å². The molecule has 0 atom stereocenters. The molecule has 0 bridgehead atoms. The minimum atomic E-state index is -1.05. The standard InChI is InChI=1S/C35H32ClF2N7O2/c1-21-16-29(30-28(36)17-27-32(31(30)37)42-34(38)43-33(27)44-14-12-22(18-39)13-15-44)41-35(40-21)45(19-23-4-8-25(46-2)9-5-23)20-24-6-10-26(47-3)11-7-24/h4-11,16-17,22H,12-15,19-20H2,1-3H3. The van der Waals surface area contributed by atoms with Gasteiger partial charge in [-0.25, -0.2) is 14.4 Å². The molecule has 5 aromatic rings. The molecule has 1 saturated heterocycles. The average molecular weight is 656 g/mol. The van der Waals surface area contributed by atoms with E-state index >= 15 is 4.39 Å². The third-order valence-corrected chi connectivity index (χ3v) is 8.56. The molecule has 0 aliphatic carbocycles. The Morgan fingerprint density at radius 2 is 1.49 bits per heavy atom. The highest BCUT2D eigenvalue weighted by atomic mass is 35.5. The number of benzene rings is 3. The number of piperidine rings is 1. The van der Waals surface area contributed by atoms with E-state index in [1.54, 1.807) is 33.3 Å². The van der Waals surface area contributed by atoms with Crippen molar-refractivity contribution in [2.45, 2.75) is 32.9 Å². The third kappa shape index (κ3) is 6.88. The summed E-state index contributed by atoms with van der Waals surface area (Å²) in [6.45, 7) is 3.65. The number of ether oxygens (including phenoxy) is 2. The van der Waals surface area contributed by atoms with E-state index in [0.717, 1.165) is 22.6 Å². The number of hydrogen-bond acceptors (Lipinski definition) is 9. The van der Waals surface area contributed by atoms with Crippen LogP contribution in [0.15, 0.2) is 60.7 Å². The van der Waals surface area contributed by atoms with E-state index in [1.807, 2.05) is 58.3 Å². The Bertz CT molecular complexity index is 1890. The van der Waals surface area contributed by atoms with Gasteiger partial charge in [-0.2, -0.15) is 19.6 Å². The van der Waals surface area contributed by atoms with Crippen molar-refractivity contribution in [1.82, 2.24) is 19.9 Å². The molecule has 12 heteroatoms. The quantitative estimate of drug-likeness (QED) is 0.152. The first-order valence-electron chi connectivity index (χ1n) is 15.1. The summed E-state index contributed by atoms with van der Waals surface area (Å²) in [5.41, 5.74) is 2.60. The first-order chi connectivity index (χ1) is 22.8. The van der Waals surface area contributed by atoms with Crippen LogP contribution < -0.4 is 19.3 Å². The number of rotatable bonds is 9. The van der Waals surface area contributed by atoms with Gasteiger partial charge in [-0.1, -0.05) is 35.9 Å². The van der Waals surface area contributed by atoms with Crippen molar-refractivity contribution in [3.05, 3.63) is 94.4 Å². The van der Waals surface area contributed by atoms with Crippen molar-refractivity contribution in [1.29, 1.82) is 5.26 Å². The Morgan fingerprint density at radius 1 is 0.894 bits per heavy atom. The maximum atomic E-state index is 16.5. The predicted molar refractivity (Wildman–Crippen MR) is 177 cm³/mol. The maximum Gasteiger partial charge on any atom is 0.311 e. The monoisotopic (exact) mass is 655 g/mol. The van der Waals surface area contributed by atoms with Crippen molar-refractivity contribution in [3.63, 3.8) is 0 Å². The number of fused-ring (bicyclic) bond motifs is 1. The minimum absolute atomic E-state index is 0.00741. The molecule has 3 aromatic carbocycles. The largest absolute Gasteiger partial charge is 0.497 e. The van der Waals surface area contributed by atoms with Gasteiger partial charge in [0.05, 0.1) is 36.6 Å².